The van der Waals surface area contributed by atoms with Crippen LogP contribution in [0.1, 0.15) is 83.6 Å². The number of ether oxygens (including phenoxy) is 3. The van der Waals surface area contributed by atoms with Crippen LogP contribution in [0.4, 0.5) is 13.6 Å². The number of halogens is 2. The first-order chi connectivity index (χ1) is 20.2. The summed E-state index contributed by atoms with van der Waals surface area (Å²) in [5.41, 5.74) is -0.258. The smallest absolute Gasteiger partial charge is 0.408 e. The molecule has 0 spiro atoms. The van der Waals surface area contributed by atoms with E-state index in [0.29, 0.717) is 37.7 Å². The lowest BCUT2D eigenvalue weighted by atomic mass is 10.1. The third-order valence-electron chi connectivity index (χ3n) is 7.07. The monoisotopic (exact) mass is 605 g/mol. The minimum atomic E-state index is -3.02. The SMILES string of the molecule is C[C](C)CN1CCN(C(=O)c2nc(-c3ccc(OC(F)F)c(OCC4CC4)c3)oc2[C@H](C)NC(=O)OC(C)(C)C)C(C)C1. The third-order valence-corrected chi connectivity index (χ3v) is 7.07. The van der Waals surface area contributed by atoms with Crippen molar-refractivity contribution in [3.05, 3.63) is 35.6 Å². The number of alkyl halides is 2. The Morgan fingerprint density at radius 2 is 1.88 bits per heavy atom. The van der Waals surface area contributed by atoms with Crippen LogP contribution in [0.2, 0.25) is 0 Å². The van der Waals surface area contributed by atoms with Crippen LogP contribution in [0.3, 0.4) is 0 Å². The van der Waals surface area contributed by atoms with E-state index < -0.39 is 24.3 Å². The van der Waals surface area contributed by atoms with Crippen molar-refractivity contribution in [1.29, 1.82) is 0 Å². The van der Waals surface area contributed by atoms with Gasteiger partial charge in [0.05, 0.1) is 12.6 Å². The number of oxazole rings is 1. The van der Waals surface area contributed by atoms with Crippen LogP contribution in [0.25, 0.3) is 11.5 Å². The topological polar surface area (TPSA) is 106 Å². The first-order valence-corrected chi connectivity index (χ1v) is 14.7. The van der Waals surface area contributed by atoms with Gasteiger partial charge in [0, 0.05) is 37.8 Å². The lowest BCUT2D eigenvalue weighted by Crippen LogP contribution is -2.54. The van der Waals surface area contributed by atoms with E-state index in [1.165, 1.54) is 24.1 Å². The van der Waals surface area contributed by atoms with Crippen molar-refractivity contribution in [2.45, 2.75) is 85.6 Å². The van der Waals surface area contributed by atoms with E-state index in [0.717, 1.165) is 19.4 Å². The Hall–Kier alpha value is -3.41. The molecule has 2 atom stereocenters. The maximum absolute atomic E-state index is 14.0. The molecule has 1 radical (unpaired) electrons. The minimum Gasteiger partial charge on any atom is -0.489 e. The summed E-state index contributed by atoms with van der Waals surface area (Å²) in [5.74, 6) is 1.61. The maximum Gasteiger partial charge on any atom is 0.408 e. The van der Waals surface area contributed by atoms with E-state index in [-0.39, 0.29) is 40.8 Å². The zero-order chi connectivity index (χ0) is 31.5. The van der Waals surface area contributed by atoms with Gasteiger partial charge in [0.15, 0.2) is 23.0 Å². The van der Waals surface area contributed by atoms with Gasteiger partial charge in [0.2, 0.25) is 5.89 Å². The number of carbonyl (C=O) groups is 2. The highest BCUT2D eigenvalue weighted by Crippen LogP contribution is 2.37. The van der Waals surface area contributed by atoms with Crippen LogP contribution >= 0.6 is 0 Å². The van der Waals surface area contributed by atoms with Crippen LogP contribution in [-0.2, 0) is 4.74 Å². The van der Waals surface area contributed by atoms with Crippen molar-refractivity contribution in [3.8, 4) is 23.0 Å². The molecule has 1 aromatic heterocycles. The van der Waals surface area contributed by atoms with E-state index in [9.17, 15) is 18.4 Å². The molecule has 4 rings (SSSR count). The van der Waals surface area contributed by atoms with Gasteiger partial charge in [-0.05, 0) is 77.5 Å². The van der Waals surface area contributed by atoms with Crippen molar-refractivity contribution in [2.24, 2.45) is 5.92 Å². The number of hydrogen-bond acceptors (Lipinski definition) is 8. The highest BCUT2D eigenvalue weighted by atomic mass is 19.3. The Labute approximate surface area is 252 Å². The van der Waals surface area contributed by atoms with Gasteiger partial charge in [-0.2, -0.15) is 8.78 Å². The number of rotatable bonds is 11. The molecule has 237 valence electrons. The van der Waals surface area contributed by atoms with E-state index in [1.54, 1.807) is 32.6 Å². The zero-order valence-corrected chi connectivity index (χ0v) is 26.0. The highest BCUT2D eigenvalue weighted by molar-refractivity contribution is 5.94. The van der Waals surface area contributed by atoms with Gasteiger partial charge in [-0.1, -0.05) is 13.8 Å². The van der Waals surface area contributed by atoms with Crippen LogP contribution in [0, 0.1) is 11.8 Å². The molecule has 2 amide bonds. The zero-order valence-electron chi connectivity index (χ0n) is 26.0. The fourth-order valence-electron chi connectivity index (χ4n) is 4.95. The molecule has 10 nitrogen and oxygen atoms in total. The van der Waals surface area contributed by atoms with Crippen molar-refractivity contribution in [2.75, 3.05) is 32.8 Å². The summed E-state index contributed by atoms with van der Waals surface area (Å²) in [6, 6.07) is 3.54. The molecule has 1 aromatic carbocycles. The molecule has 0 bridgehead atoms. The molecule has 43 heavy (non-hydrogen) atoms. The number of alkyl carbamates (subject to hydrolysis) is 1. The first kappa shape index (κ1) is 32.5. The number of benzene rings is 1. The summed E-state index contributed by atoms with van der Waals surface area (Å²) in [6.45, 7) is 13.2. The van der Waals surface area contributed by atoms with Crippen LogP contribution in [0.15, 0.2) is 22.6 Å². The van der Waals surface area contributed by atoms with Gasteiger partial charge in [-0.25, -0.2) is 9.78 Å². The number of hydrogen-bond donors (Lipinski definition) is 1. The lowest BCUT2D eigenvalue weighted by Gasteiger charge is -2.40. The molecule has 2 aromatic rings. The molecule has 1 saturated heterocycles. The number of aromatic nitrogens is 1. The largest absolute Gasteiger partial charge is 0.489 e. The Balaban J connectivity index is 1.66. The molecule has 1 N–H and O–H groups in total. The average Bonchev–Trinajstić information content (AvgIpc) is 3.61. The Morgan fingerprint density at radius 1 is 1.16 bits per heavy atom. The molecule has 1 saturated carbocycles. The lowest BCUT2D eigenvalue weighted by molar-refractivity contribution is -0.0515. The number of carbonyl (C=O) groups excluding carboxylic acids is 2. The molecule has 2 aliphatic rings. The predicted molar refractivity (Wildman–Crippen MR) is 156 cm³/mol. The van der Waals surface area contributed by atoms with Crippen molar-refractivity contribution < 1.29 is 37.0 Å². The van der Waals surface area contributed by atoms with E-state index >= 15 is 0 Å². The number of nitrogens with zero attached hydrogens (tertiary/aromatic N) is 3. The average molecular weight is 606 g/mol. The summed E-state index contributed by atoms with van der Waals surface area (Å²) in [5, 5.41) is 2.73. The van der Waals surface area contributed by atoms with Crippen molar-refractivity contribution in [3.63, 3.8) is 0 Å². The molecule has 2 fully saturated rings. The second kappa shape index (κ2) is 13.5. The van der Waals surface area contributed by atoms with E-state index in [4.69, 9.17) is 13.9 Å². The first-order valence-electron chi connectivity index (χ1n) is 14.7. The van der Waals surface area contributed by atoms with Gasteiger partial charge >= 0.3 is 12.7 Å². The minimum absolute atomic E-state index is 0.0606. The second-order valence-corrected chi connectivity index (χ2v) is 12.7. The van der Waals surface area contributed by atoms with Gasteiger partial charge in [0.1, 0.15) is 5.60 Å². The third kappa shape index (κ3) is 9.04. The summed E-state index contributed by atoms with van der Waals surface area (Å²) < 4.78 is 48.2. The molecular formula is C31H43F2N4O6. The number of amides is 2. The molecule has 1 aliphatic carbocycles. The Kier molecular flexibility index (Phi) is 10.2. The predicted octanol–water partition coefficient (Wildman–Crippen LogP) is 6.08. The van der Waals surface area contributed by atoms with E-state index in [1.807, 2.05) is 6.92 Å². The van der Waals surface area contributed by atoms with Crippen LogP contribution in [-0.4, -0.2) is 77.8 Å². The van der Waals surface area contributed by atoms with Crippen molar-refractivity contribution >= 4 is 12.0 Å². The van der Waals surface area contributed by atoms with Crippen LogP contribution in [0.5, 0.6) is 11.5 Å². The molecule has 1 unspecified atom stereocenters. The quantitative estimate of drug-likeness (QED) is 0.329. The molecular weight excluding hydrogens is 562 g/mol. The Morgan fingerprint density at radius 3 is 2.49 bits per heavy atom. The highest BCUT2D eigenvalue weighted by Gasteiger charge is 2.34. The van der Waals surface area contributed by atoms with E-state index in [2.05, 4.69) is 33.8 Å². The summed E-state index contributed by atoms with van der Waals surface area (Å²) in [4.78, 5) is 35.2. The van der Waals surface area contributed by atoms with Gasteiger partial charge in [0.25, 0.3) is 5.91 Å². The number of nitrogens with one attached hydrogen (secondary N) is 1. The second-order valence-electron chi connectivity index (χ2n) is 12.7. The molecule has 12 heteroatoms. The fourth-order valence-corrected chi connectivity index (χ4v) is 4.95. The molecule has 2 heterocycles. The normalized spacial score (nSPS) is 18.6. The summed E-state index contributed by atoms with van der Waals surface area (Å²) >= 11 is 0. The van der Waals surface area contributed by atoms with Gasteiger partial charge in [-0.3, -0.25) is 9.69 Å². The fraction of sp³-hybridized carbons (Fsp3) is 0.613. The Bertz CT molecular complexity index is 1270. The van der Waals surface area contributed by atoms with Gasteiger partial charge < -0.3 is 28.8 Å². The maximum atomic E-state index is 14.0. The van der Waals surface area contributed by atoms with Crippen molar-refractivity contribution in [1.82, 2.24) is 20.1 Å². The summed E-state index contributed by atoms with van der Waals surface area (Å²) in [6.07, 6.45) is 1.36. The van der Waals surface area contributed by atoms with Gasteiger partial charge in [-0.15, -0.1) is 0 Å². The number of piperazine rings is 1. The van der Waals surface area contributed by atoms with Crippen LogP contribution < -0.4 is 14.8 Å². The summed E-state index contributed by atoms with van der Waals surface area (Å²) in [7, 11) is 0. The molecule has 1 aliphatic heterocycles. The standard InChI is InChI=1S/C31H43F2N4O6/c1-18(2)15-36-12-13-37(19(3)16-36)28(38)25-26(20(4)34-30(39)43-31(5,6)7)42-27(35-25)22-10-11-23(41-29(32)33)24(14-22)40-17-21-8-9-21/h10-11,14,19-21,29H,8-9,12-13,15-17H2,1-7H3,(H,34,39)/t19?,20-/m0/s1.